The van der Waals surface area contributed by atoms with Gasteiger partial charge in [-0.25, -0.2) is 14.8 Å². The highest BCUT2D eigenvalue weighted by atomic mass is 35.5. The second-order valence-corrected chi connectivity index (χ2v) is 6.12. The molecule has 2 aromatic rings. The first-order valence-electron chi connectivity index (χ1n) is 7.59. The summed E-state index contributed by atoms with van der Waals surface area (Å²) in [4.78, 5) is 31.3. The van der Waals surface area contributed by atoms with E-state index in [9.17, 15) is 22.8 Å². The number of halogens is 4. The van der Waals surface area contributed by atoms with Gasteiger partial charge < -0.3 is 10.1 Å². The lowest BCUT2D eigenvalue weighted by atomic mass is 9.89. The second-order valence-electron chi connectivity index (χ2n) is 5.68. The Balaban J connectivity index is 1.90. The average Bonchev–Trinajstić information content (AvgIpc) is 2.60. The molecule has 1 unspecified atom stereocenters. The van der Waals surface area contributed by atoms with E-state index in [1.54, 1.807) is 0 Å². The molecule has 1 aromatic carbocycles. The van der Waals surface area contributed by atoms with Gasteiger partial charge in [0.1, 0.15) is 6.33 Å². The van der Waals surface area contributed by atoms with Crippen molar-refractivity contribution in [3.8, 4) is 0 Å². The van der Waals surface area contributed by atoms with E-state index in [0.717, 1.165) is 6.07 Å². The van der Waals surface area contributed by atoms with Crippen LogP contribution in [-0.2, 0) is 21.6 Å². The number of cyclic esters (lactones) is 1. The van der Waals surface area contributed by atoms with Gasteiger partial charge in [0.2, 0.25) is 5.91 Å². The fourth-order valence-electron chi connectivity index (χ4n) is 2.62. The number of ether oxygens (including phenoxy) is 1. The number of fused-ring (bicyclic) bond motifs is 1. The lowest BCUT2D eigenvalue weighted by Gasteiger charge is -2.39. The average molecular weight is 401 g/mol. The van der Waals surface area contributed by atoms with Crippen LogP contribution < -0.4 is 10.6 Å². The number of anilines is 1. The number of hydrogen-bond donors (Lipinski definition) is 2. The van der Waals surface area contributed by atoms with Gasteiger partial charge in [-0.2, -0.15) is 13.2 Å². The molecule has 0 bridgehead atoms. The zero-order valence-electron chi connectivity index (χ0n) is 13.5. The van der Waals surface area contributed by atoms with E-state index >= 15 is 0 Å². The number of nitrogens with one attached hydrogen (secondary N) is 2. The first-order valence-corrected chi connectivity index (χ1v) is 7.97. The molecule has 1 aromatic heterocycles. The summed E-state index contributed by atoms with van der Waals surface area (Å²) in [6.07, 6.45) is -3.93. The van der Waals surface area contributed by atoms with E-state index in [4.69, 9.17) is 11.6 Å². The molecule has 11 heteroatoms. The summed E-state index contributed by atoms with van der Waals surface area (Å²) in [6, 6.07) is 5.07. The van der Waals surface area contributed by atoms with Crippen molar-refractivity contribution in [1.82, 2.24) is 15.3 Å². The molecule has 0 saturated carbocycles. The standard InChI is InChI=1S/C16H12ClF3N4O3/c17-9-1-2-12-11(5-9)15(16(18,19)20,27-14(26)24-12)7-22-13(25)6-10-3-4-21-8-23-10/h1-5,8H,6-7H2,(H,22,25)(H,24,26). The van der Waals surface area contributed by atoms with Crippen molar-refractivity contribution in [2.75, 3.05) is 11.9 Å². The fraction of sp³-hybridized carbons (Fsp3) is 0.250. The third-order valence-electron chi connectivity index (χ3n) is 3.90. The van der Waals surface area contributed by atoms with Crippen LogP contribution in [0.5, 0.6) is 0 Å². The summed E-state index contributed by atoms with van der Waals surface area (Å²) in [5.74, 6) is -0.726. The van der Waals surface area contributed by atoms with Crippen LogP contribution in [0, 0.1) is 0 Å². The van der Waals surface area contributed by atoms with Crippen molar-refractivity contribution in [1.29, 1.82) is 0 Å². The van der Waals surface area contributed by atoms with Crippen molar-refractivity contribution in [3.05, 3.63) is 53.1 Å². The Kier molecular flexibility index (Phi) is 4.92. The predicted molar refractivity (Wildman–Crippen MR) is 88.0 cm³/mol. The van der Waals surface area contributed by atoms with Gasteiger partial charge in [-0.05, 0) is 24.3 Å². The van der Waals surface area contributed by atoms with Crippen molar-refractivity contribution in [2.24, 2.45) is 0 Å². The summed E-state index contributed by atoms with van der Waals surface area (Å²) in [5.41, 5.74) is -3.24. The minimum absolute atomic E-state index is 0.0226. The van der Waals surface area contributed by atoms with E-state index < -0.39 is 35.9 Å². The Morgan fingerprint density at radius 2 is 2.11 bits per heavy atom. The van der Waals surface area contributed by atoms with E-state index in [0.29, 0.717) is 5.69 Å². The third-order valence-corrected chi connectivity index (χ3v) is 4.13. The van der Waals surface area contributed by atoms with E-state index in [1.165, 1.54) is 30.7 Å². The molecular weight excluding hydrogens is 389 g/mol. The molecule has 1 atom stereocenters. The highest BCUT2D eigenvalue weighted by molar-refractivity contribution is 6.30. The van der Waals surface area contributed by atoms with Crippen LogP contribution in [-0.4, -0.2) is 34.7 Å². The molecule has 0 radical (unpaired) electrons. The number of nitrogens with zero attached hydrogens (tertiary/aromatic N) is 2. The number of benzene rings is 1. The Morgan fingerprint density at radius 3 is 2.78 bits per heavy atom. The van der Waals surface area contributed by atoms with Crippen LogP contribution in [0.3, 0.4) is 0 Å². The van der Waals surface area contributed by atoms with E-state index in [-0.39, 0.29) is 17.1 Å². The molecule has 27 heavy (non-hydrogen) atoms. The first kappa shape index (κ1) is 18.9. The van der Waals surface area contributed by atoms with Crippen LogP contribution in [0.25, 0.3) is 0 Å². The fourth-order valence-corrected chi connectivity index (χ4v) is 2.80. The summed E-state index contributed by atoms with van der Waals surface area (Å²) >= 11 is 5.82. The number of alkyl halides is 3. The van der Waals surface area contributed by atoms with Crippen molar-refractivity contribution in [3.63, 3.8) is 0 Å². The maximum atomic E-state index is 13.9. The van der Waals surface area contributed by atoms with Gasteiger partial charge in [0.25, 0.3) is 5.60 Å². The Morgan fingerprint density at radius 1 is 1.33 bits per heavy atom. The Labute approximate surface area is 155 Å². The van der Waals surface area contributed by atoms with Gasteiger partial charge in [0, 0.05) is 16.8 Å². The maximum absolute atomic E-state index is 13.9. The van der Waals surface area contributed by atoms with Crippen molar-refractivity contribution >= 4 is 29.3 Å². The molecule has 142 valence electrons. The summed E-state index contributed by atoms with van der Waals surface area (Å²) in [5, 5.41) is 4.38. The van der Waals surface area contributed by atoms with Gasteiger partial charge in [0.15, 0.2) is 0 Å². The minimum Gasteiger partial charge on any atom is -0.426 e. The summed E-state index contributed by atoms with van der Waals surface area (Å²) in [7, 11) is 0. The molecule has 0 fully saturated rings. The molecule has 2 heterocycles. The lowest BCUT2D eigenvalue weighted by Crippen LogP contribution is -2.56. The van der Waals surface area contributed by atoms with Gasteiger partial charge >= 0.3 is 12.3 Å². The number of rotatable bonds is 4. The highest BCUT2D eigenvalue weighted by Crippen LogP contribution is 2.47. The van der Waals surface area contributed by atoms with Crippen molar-refractivity contribution in [2.45, 2.75) is 18.2 Å². The van der Waals surface area contributed by atoms with Gasteiger partial charge in [-0.15, -0.1) is 0 Å². The molecule has 0 saturated heterocycles. The molecule has 7 nitrogen and oxygen atoms in total. The third kappa shape index (κ3) is 3.80. The van der Waals surface area contributed by atoms with Crippen LogP contribution >= 0.6 is 11.6 Å². The van der Waals surface area contributed by atoms with Crippen LogP contribution in [0.15, 0.2) is 36.8 Å². The number of carbonyl (C=O) groups is 2. The molecule has 2 amide bonds. The van der Waals surface area contributed by atoms with Gasteiger partial charge in [-0.1, -0.05) is 11.6 Å². The molecule has 2 N–H and O–H groups in total. The molecule has 0 aliphatic carbocycles. The predicted octanol–water partition coefficient (Wildman–Crippen LogP) is 2.81. The summed E-state index contributed by atoms with van der Waals surface area (Å²) < 4.78 is 46.5. The monoisotopic (exact) mass is 400 g/mol. The SMILES string of the molecule is O=C(Cc1ccncn1)NCC1(C(F)(F)F)OC(=O)Nc2ccc(Cl)cc21. The van der Waals surface area contributed by atoms with Gasteiger partial charge in [-0.3, -0.25) is 10.1 Å². The van der Waals surface area contributed by atoms with Crippen LogP contribution in [0.1, 0.15) is 11.3 Å². The van der Waals surface area contributed by atoms with Crippen molar-refractivity contribution < 1.29 is 27.5 Å². The largest absolute Gasteiger partial charge is 0.434 e. The number of carbonyl (C=O) groups excluding carboxylic acids is 2. The maximum Gasteiger partial charge on any atom is 0.434 e. The Hall–Kier alpha value is -2.88. The summed E-state index contributed by atoms with van der Waals surface area (Å²) in [6.45, 7) is -1.01. The van der Waals surface area contributed by atoms with Crippen LogP contribution in [0.4, 0.5) is 23.7 Å². The molecule has 3 rings (SSSR count). The number of hydrogen-bond acceptors (Lipinski definition) is 5. The highest BCUT2D eigenvalue weighted by Gasteiger charge is 2.62. The lowest BCUT2D eigenvalue weighted by molar-refractivity contribution is -0.262. The van der Waals surface area contributed by atoms with Crippen LogP contribution in [0.2, 0.25) is 5.02 Å². The second kappa shape index (κ2) is 7.03. The molecular formula is C16H12ClF3N4O3. The first-order chi connectivity index (χ1) is 12.7. The van der Waals surface area contributed by atoms with E-state index in [2.05, 4.69) is 25.3 Å². The zero-order valence-corrected chi connectivity index (χ0v) is 14.3. The molecule has 1 aliphatic rings. The Bertz CT molecular complexity index is 879. The number of amides is 2. The smallest absolute Gasteiger partial charge is 0.426 e. The number of aromatic nitrogens is 2. The normalized spacial score (nSPS) is 18.9. The van der Waals surface area contributed by atoms with E-state index in [1.807, 2.05) is 0 Å². The van der Waals surface area contributed by atoms with Gasteiger partial charge in [0.05, 0.1) is 24.3 Å². The molecule has 1 aliphatic heterocycles. The minimum atomic E-state index is -5.01. The zero-order chi connectivity index (χ0) is 19.7. The quantitative estimate of drug-likeness (QED) is 0.823. The topological polar surface area (TPSA) is 93.2 Å². The molecule has 0 spiro atoms.